The topological polar surface area (TPSA) is 0 Å². The van der Waals surface area contributed by atoms with Crippen LogP contribution < -0.4 is 0 Å². The second-order valence-corrected chi connectivity index (χ2v) is 5.04. The van der Waals surface area contributed by atoms with Crippen molar-refractivity contribution >= 4 is 54.8 Å². The minimum absolute atomic E-state index is 0.592. The summed E-state index contributed by atoms with van der Waals surface area (Å²) in [4.78, 5) is 1.18. The lowest BCUT2D eigenvalue weighted by Crippen LogP contribution is -1.59. The van der Waals surface area contributed by atoms with E-state index in [0.717, 1.165) is 8.26 Å². The van der Waals surface area contributed by atoms with Crippen molar-refractivity contribution in [2.24, 2.45) is 0 Å². The zero-order chi connectivity index (χ0) is 6.85. The minimum Gasteiger partial charge on any atom is -0.131 e. The summed E-state index contributed by atoms with van der Waals surface area (Å²) >= 11 is 14.0. The van der Waals surface area contributed by atoms with Crippen LogP contribution in [-0.2, 0) is 5.88 Å². The summed E-state index contributed by atoms with van der Waals surface area (Å²) in [6.07, 6.45) is 0. The van der Waals surface area contributed by atoms with E-state index in [1.165, 1.54) is 4.88 Å². The molecule has 0 amide bonds. The Hall–Kier alpha value is 0.950. The van der Waals surface area contributed by atoms with Gasteiger partial charge in [-0.2, -0.15) is 0 Å². The lowest BCUT2D eigenvalue weighted by Gasteiger charge is -1.77. The molecule has 0 radical (unpaired) electrons. The van der Waals surface area contributed by atoms with Gasteiger partial charge in [-0.15, -0.1) is 22.9 Å². The Labute approximate surface area is 79.5 Å². The molecule has 0 spiro atoms. The quantitative estimate of drug-likeness (QED) is 0.686. The maximum atomic E-state index is 5.58. The third-order valence-electron chi connectivity index (χ3n) is 0.828. The molecule has 0 N–H and O–H groups in total. The third-order valence-corrected chi connectivity index (χ3v) is 4.53. The largest absolute Gasteiger partial charge is 0.131 e. The molecule has 1 rings (SSSR count). The highest BCUT2D eigenvalue weighted by molar-refractivity contribution is 9.13. The van der Waals surface area contributed by atoms with E-state index in [0.29, 0.717) is 5.88 Å². The van der Waals surface area contributed by atoms with Crippen LogP contribution in [0.25, 0.3) is 0 Å². The predicted molar refractivity (Wildman–Crippen MR) is 49.3 cm³/mol. The van der Waals surface area contributed by atoms with E-state index in [2.05, 4.69) is 31.9 Å². The molecule has 0 aromatic carbocycles. The molecule has 0 saturated heterocycles. The number of hydrogen-bond donors (Lipinski definition) is 0. The van der Waals surface area contributed by atoms with Gasteiger partial charge in [-0.1, -0.05) is 0 Å². The summed E-state index contributed by atoms with van der Waals surface area (Å²) in [6.45, 7) is 0. The zero-order valence-corrected chi connectivity index (χ0v) is 9.07. The first-order valence-electron chi connectivity index (χ1n) is 2.23. The summed E-state index contributed by atoms with van der Waals surface area (Å²) in [5.41, 5.74) is 0. The molecule has 0 saturated carbocycles. The molecule has 1 aromatic rings. The van der Waals surface area contributed by atoms with Crippen molar-refractivity contribution in [1.29, 1.82) is 0 Å². The maximum absolute atomic E-state index is 5.58. The summed E-state index contributed by atoms with van der Waals surface area (Å²) in [5, 5.41) is 0. The van der Waals surface area contributed by atoms with Crippen molar-refractivity contribution < 1.29 is 0 Å². The van der Waals surface area contributed by atoms with Crippen molar-refractivity contribution in [3.05, 3.63) is 19.2 Å². The molecule has 0 aliphatic rings. The van der Waals surface area contributed by atoms with E-state index < -0.39 is 0 Å². The Balaban J connectivity index is 2.98. The molecule has 0 atom stereocenters. The van der Waals surface area contributed by atoms with Gasteiger partial charge in [0.1, 0.15) is 0 Å². The number of rotatable bonds is 1. The van der Waals surface area contributed by atoms with Gasteiger partial charge >= 0.3 is 0 Å². The lowest BCUT2D eigenvalue weighted by atomic mass is 10.5. The molecule has 0 nitrogen and oxygen atoms in total. The predicted octanol–water partition coefficient (Wildman–Crippen LogP) is 4.01. The molecule has 1 heterocycles. The third kappa shape index (κ3) is 1.93. The second kappa shape index (κ2) is 3.37. The Morgan fingerprint density at radius 1 is 1.56 bits per heavy atom. The molecule has 9 heavy (non-hydrogen) atoms. The molecule has 0 bridgehead atoms. The van der Waals surface area contributed by atoms with Crippen molar-refractivity contribution in [3.63, 3.8) is 0 Å². The first kappa shape index (κ1) is 8.05. The van der Waals surface area contributed by atoms with Gasteiger partial charge in [0.2, 0.25) is 0 Å². The average Bonchev–Trinajstić information content (AvgIpc) is 2.13. The van der Waals surface area contributed by atoms with Gasteiger partial charge < -0.3 is 0 Å². The first-order chi connectivity index (χ1) is 4.24. The Bertz CT molecular complexity index is 189. The highest BCUT2D eigenvalue weighted by Gasteiger charge is 2.01. The van der Waals surface area contributed by atoms with Crippen LogP contribution >= 0.6 is 54.8 Å². The molecule has 0 aliphatic carbocycles. The van der Waals surface area contributed by atoms with Crippen LogP contribution in [-0.4, -0.2) is 0 Å². The van der Waals surface area contributed by atoms with E-state index in [1.807, 2.05) is 6.07 Å². The van der Waals surface area contributed by atoms with Crippen LogP contribution in [0.1, 0.15) is 4.88 Å². The Kier molecular flexibility index (Phi) is 3.02. The molecule has 1 aromatic heterocycles. The average molecular weight is 290 g/mol. The number of halogens is 3. The number of alkyl halides is 1. The molecular formula is C5H3Br2ClS. The fraction of sp³-hybridized carbons (Fsp3) is 0.200. The summed E-state index contributed by atoms with van der Waals surface area (Å²) in [7, 11) is 0. The smallest absolute Gasteiger partial charge is 0.0843 e. The van der Waals surface area contributed by atoms with Crippen LogP contribution in [0.5, 0.6) is 0 Å². The number of hydrogen-bond acceptors (Lipinski definition) is 1. The van der Waals surface area contributed by atoms with E-state index >= 15 is 0 Å². The van der Waals surface area contributed by atoms with E-state index in [9.17, 15) is 0 Å². The van der Waals surface area contributed by atoms with Gasteiger partial charge in [-0.25, -0.2) is 0 Å². The van der Waals surface area contributed by atoms with Crippen LogP contribution in [0.2, 0.25) is 0 Å². The van der Waals surface area contributed by atoms with Gasteiger partial charge in [0, 0.05) is 9.35 Å². The fourth-order valence-corrected chi connectivity index (χ4v) is 2.72. The standard InChI is InChI=1S/C5H3Br2ClS/c6-4-1-3(2-8)9-5(4)7/h1H,2H2. The normalized spacial score (nSPS) is 10.1. The van der Waals surface area contributed by atoms with Gasteiger partial charge in [0.25, 0.3) is 0 Å². The van der Waals surface area contributed by atoms with E-state index in [4.69, 9.17) is 11.6 Å². The SMILES string of the molecule is ClCc1cc(Br)c(Br)s1. The Morgan fingerprint density at radius 2 is 2.22 bits per heavy atom. The molecule has 0 unspecified atom stereocenters. The maximum Gasteiger partial charge on any atom is 0.0843 e. The molecular weight excluding hydrogens is 287 g/mol. The van der Waals surface area contributed by atoms with Gasteiger partial charge in [0.05, 0.1) is 9.67 Å². The highest BCUT2D eigenvalue weighted by atomic mass is 79.9. The van der Waals surface area contributed by atoms with Crippen molar-refractivity contribution in [2.75, 3.05) is 0 Å². The Morgan fingerprint density at radius 3 is 2.44 bits per heavy atom. The lowest BCUT2D eigenvalue weighted by molar-refractivity contribution is 1.52. The van der Waals surface area contributed by atoms with Crippen LogP contribution in [0.15, 0.2) is 14.3 Å². The van der Waals surface area contributed by atoms with Crippen LogP contribution in [0.3, 0.4) is 0 Å². The van der Waals surface area contributed by atoms with Crippen molar-refractivity contribution in [2.45, 2.75) is 5.88 Å². The summed E-state index contributed by atoms with van der Waals surface area (Å²) < 4.78 is 2.20. The summed E-state index contributed by atoms with van der Waals surface area (Å²) in [6, 6.07) is 2.02. The molecule has 50 valence electrons. The molecule has 4 heteroatoms. The minimum atomic E-state index is 0.592. The van der Waals surface area contributed by atoms with E-state index in [1.54, 1.807) is 11.3 Å². The zero-order valence-electron chi connectivity index (χ0n) is 4.33. The van der Waals surface area contributed by atoms with E-state index in [-0.39, 0.29) is 0 Å². The fourth-order valence-electron chi connectivity index (χ4n) is 0.457. The summed E-state index contributed by atoms with van der Waals surface area (Å²) in [5.74, 6) is 0.592. The highest BCUT2D eigenvalue weighted by Crippen LogP contribution is 2.32. The van der Waals surface area contributed by atoms with Crippen LogP contribution in [0, 0.1) is 0 Å². The molecule has 0 fully saturated rings. The second-order valence-electron chi connectivity index (χ2n) is 1.47. The number of thiophene rings is 1. The first-order valence-corrected chi connectivity index (χ1v) is 5.17. The van der Waals surface area contributed by atoms with Gasteiger partial charge in [0.15, 0.2) is 0 Å². The van der Waals surface area contributed by atoms with Gasteiger partial charge in [-0.3, -0.25) is 0 Å². The monoisotopic (exact) mass is 288 g/mol. The van der Waals surface area contributed by atoms with Crippen LogP contribution in [0.4, 0.5) is 0 Å². The van der Waals surface area contributed by atoms with Crippen molar-refractivity contribution in [3.8, 4) is 0 Å². The van der Waals surface area contributed by atoms with Crippen molar-refractivity contribution in [1.82, 2.24) is 0 Å². The van der Waals surface area contributed by atoms with Gasteiger partial charge in [-0.05, 0) is 37.9 Å². The molecule has 0 aliphatic heterocycles.